The summed E-state index contributed by atoms with van der Waals surface area (Å²) in [6, 6.07) is 6.74. The number of ether oxygens (including phenoxy) is 1. The lowest BCUT2D eigenvalue weighted by atomic mass is 10.2. The summed E-state index contributed by atoms with van der Waals surface area (Å²) in [5.74, 6) is 0.803. The lowest BCUT2D eigenvalue weighted by Crippen LogP contribution is -2.47. The Morgan fingerprint density at radius 2 is 2.07 bits per heavy atom. The molecule has 0 aromatic heterocycles. The SMILES string of the molecule is CN=C(NCCNS(=O)(=O)c1cccc(Cl)c1)N1CCC(N2CCOCC2)C1. The highest BCUT2D eigenvalue weighted by atomic mass is 35.5. The molecule has 1 aromatic carbocycles. The highest BCUT2D eigenvalue weighted by Gasteiger charge is 2.30. The lowest BCUT2D eigenvalue weighted by Gasteiger charge is -2.32. The van der Waals surface area contributed by atoms with Gasteiger partial charge in [0.15, 0.2) is 5.96 Å². The normalized spacial score (nSPS) is 21.9. The first-order valence-corrected chi connectivity index (χ1v) is 11.4. The van der Waals surface area contributed by atoms with E-state index >= 15 is 0 Å². The maximum Gasteiger partial charge on any atom is 0.240 e. The van der Waals surface area contributed by atoms with Gasteiger partial charge in [-0.2, -0.15) is 0 Å². The third-order valence-corrected chi connectivity index (χ3v) is 6.74. The molecule has 2 N–H and O–H groups in total. The van der Waals surface area contributed by atoms with E-state index in [1.807, 2.05) is 0 Å². The van der Waals surface area contributed by atoms with E-state index < -0.39 is 10.0 Å². The minimum Gasteiger partial charge on any atom is -0.379 e. The van der Waals surface area contributed by atoms with Crippen LogP contribution in [0.15, 0.2) is 34.2 Å². The highest BCUT2D eigenvalue weighted by molar-refractivity contribution is 7.89. The molecule has 10 heteroatoms. The van der Waals surface area contributed by atoms with Crippen molar-refractivity contribution >= 4 is 27.6 Å². The minimum atomic E-state index is -3.58. The zero-order valence-corrected chi connectivity index (χ0v) is 17.7. The van der Waals surface area contributed by atoms with Crippen LogP contribution < -0.4 is 10.0 Å². The summed E-state index contributed by atoms with van der Waals surface area (Å²) in [5.41, 5.74) is 0. The van der Waals surface area contributed by atoms with Gasteiger partial charge in [-0.05, 0) is 24.6 Å². The molecule has 0 radical (unpaired) electrons. The molecule has 3 rings (SSSR count). The van der Waals surface area contributed by atoms with Crippen molar-refractivity contribution in [3.63, 3.8) is 0 Å². The van der Waals surface area contributed by atoms with E-state index in [4.69, 9.17) is 16.3 Å². The van der Waals surface area contributed by atoms with Gasteiger partial charge in [0, 0.05) is 57.4 Å². The third-order valence-electron chi connectivity index (χ3n) is 5.04. The van der Waals surface area contributed by atoms with Crippen LogP contribution in [0, 0.1) is 0 Å². The number of rotatable bonds is 6. The van der Waals surface area contributed by atoms with Crippen molar-refractivity contribution in [2.45, 2.75) is 17.4 Å². The average molecular weight is 430 g/mol. The molecule has 1 atom stereocenters. The number of halogens is 1. The van der Waals surface area contributed by atoms with Gasteiger partial charge in [-0.1, -0.05) is 17.7 Å². The van der Waals surface area contributed by atoms with Crippen LogP contribution in [0.1, 0.15) is 6.42 Å². The zero-order chi connectivity index (χ0) is 20.0. The van der Waals surface area contributed by atoms with Gasteiger partial charge in [0.05, 0.1) is 18.1 Å². The first kappa shape index (κ1) is 21.3. The first-order valence-electron chi connectivity index (χ1n) is 9.52. The molecule has 0 spiro atoms. The summed E-state index contributed by atoms with van der Waals surface area (Å²) in [7, 11) is -1.83. The van der Waals surface area contributed by atoms with Crippen LogP contribution in [-0.2, 0) is 14.8 Å². The number of hydrogen-bond acceptors (Lipinski definition) is 5. The Kier molecular flexibility index (Phi) is 7.53. The van der Waals surface area contributed by atoms with E-state index in [2.05, 4.69) is 24.8 Å². The van der Waals surface area contributed by atoms with E-state index in [0.29, 0.717) is 17.6 Å². The Morgan fingerprint density at radius 3 is 2.79 bits per heavy atom. The number of sulfonamides is 1. The fourth-order valence-corrected chi connectivity index (χ4v) is 4.92. The number of guanidine groups is 1. The first-order chi connectivity index (χ1) is 13.5. The number of hydrogen-bond donors (Lipinski definition) is 2. The molecule has 1 unspecified atom stereocenters. The van der Waals surface area contributed by atoms with Gasteiger partial charge in [0.25, 0.3) is 0 Å². The number of morpholine rings is 1. The Morgan fingerprint density at radius 1 is 1.29 bits per heavy atom. The van der Waals surface area contributed by atoms with Crippen molar-refractivity contribution in [1.29, 1.82) is 0 Å². The molecule has 0 amide bonds. The summed E-state index contributed by atoms with van der Waals surface area (Å²) < 4.78 is 32.7. The largest absolute Gasteiger partial charge is 0.379 e. The monoisotopic (exact) mass is 429 g/mol. The summed E-state index contributed by atoms with van der Waals surface area (Å²) in [6.07, 6.45) is 1.10. The highest BCUT2D eigenvalue weighted by Crippen LogP contribution is 2.17. The number of aliphatic imine (C=N–C) groups is 1. The number of nitrogens with zero attached hydrogens (tertiary/aromatic N) is 3. The average Bonchev–Trinajstić information content (AvgIpc) is 3.19. The fraction of sp³-hybridized carbons (Fsp3) is 0.611. The van der Waals surface area contributed by atoms with Gasteiger partial charge in [-0.15, -0.1) is 0 Å². The van der Waals surface area contributed by atoms with Crippen LogP contribution >= 0.6 is 11.6 Å². The molecule has 156 valence electrons. The van der Waals surface area contributed by atoms with Crippen LogP contribution in [-0.4, -0.2) is 89.7 Å². The summed E-state index contributed by atoms with van der Waals surface area (Å²) in [5, 5.41) is 3.64. The standard InChI is InChI=1S/C18H28ClN5O3S/c1-20-18(24-8-5-16(14-24)23-9-11-27-12-10-23)21-6-7-22-28(25,26)17-4-2-3-15(19)13-17/h2-4,13,16,22H,5-12,14H2,1H3,(H,20,21). The third kappa shape index (κ3) is 5.57. The zero-order valence-electron chi connectivity index (χ0n) is 16.1. The maximum atomic E-state index is 12.3. The molecule has 2 saturated heterocycles. The predicted molar refractivity (Wildman–Crippen MR) is 110 cm³/mol. The van der Waals surface area contributed by atoms with E-state index in [9.17, 15) is 8.42 Å². The van der Waals surface area contributed by atoms with E-state index in [1.54, 1.807) is 19.2 Å². The predicted octanol–water partition coefficient (Wildman–Crippen LogP) is 0.600. The lowest BCUT2D eigenvalue weighted by molar-refractivity contribution is 0.0195. The molecule has 0 aliphatic carbocycles. The molecule has 2 heterocycles. The van der Waals surface area contributed by atoms with E-state index in [0.717, 1.165) is 51.8 Å². The fourth-order valence-electron chi connectivity index (χ4n) is 3.58. The molecule has 2 aliphatic heterocycles. The molecule has 28 heavy (non-hydrogen) atoms. The topological polar surface area (TPSA) is 86.3 Å². The van der Waals surface area contributed by atoms with Crippen LogP contribution in [0.5, 0.6) is 0 Å². The van der Waals surface area contributed by atoms with Crippen molar-refractivity contribution in [3.05, 3.63) is 29.3 Å². The van der Waals surface area contributed by atoms with Crippen molar-refractivity contribution in [2.24, 2.45) is 4.99 Å². The molecule has 2 aliphatic rings. The summed E-state index contributed by atoms with van der Waals surface area (Å²) >= 11 is 5.88. The quantitative estimate of drug-likeness (QED) is 0.391. The number of nitrogens with one attached hydrogen (secondary N) is 2. The molecule has 1 aromatic rings. The van der Waals surface area contributed by atoms with Crippen molar-refractivity contribution in [2.75, 3.05) is 59.5 Å². The van der Waals surface area contributed by atoms with E-state index in [-0.39, 0.29) is 11.4 Å². The summed E-state index contributed by atoms with van der Waals surface area (Å²) in [4.78, 5) is 9.22. The number of benzene rings is 1. The molecule has 0 saturated carbocycles. The van der Waals surface area contributed by atoms with Gasteiger partial charge in [0.2, 0.25) is 10.0 Å². The van der Waals surface area contributed by atoms with E-state index in [1.165, 1.54) is 12.1 Å². The molecule has 8 nitrogen and oxygen atoms in total. The van der Waals surface area contributed by atoms with Gasteiger partial charge in [-0.25, -0.2) is 13.1 Å². The Hall–Kier alpha value is -1.39. The van der Waals surface area contributed by atoms with Crippen molar-refractivity contribution in [1.82, 2.24) is 19.8 Å². The van der Waals surface area contributed by atoms with Gasteiger partial charge in [0.1, 0.15) is 0 Å². The van der Waals surface area contributed by atoms with Crippen molar-refractivity contribution in [3.8, 4) is 0 Å². The van der Waals surface area contributed by atoms with Gasteiger partial charge in [-0.3, -0.25) is 9.89 Å². The Bertz CT molecular complexity index is 783. The minimum absolute atomic E-state index is 0.164. The van der Waals surface area contributed by atoms with Crippen LogP contribution in [0.2, 0.25) is 5.02 Å². The smallest absolute Gasteiger partial charge is 0.240 e. The second-order valence-corrected chi connectivity index (χ2v) is 9.07. The summed E-state index contributed by atoms with van der Waals surface area (Å²) in [6.45, 7) is 6.14. The van der Waals surface area contributed by atoms with Crippen LogP contribution in [0.3, 0.4) is 0 Å². The van der Waals surface area contributed by atoms with Gasteiger partial charge < -0.3 is 15.0 Å². The van der Waals surface area contributed by atoms with Crippen LogP contribution in [0.25, 0.3) is 0 Å². The Labute approximate surface area is 171 Å². The Balaban J connectivity index is 1.44. The second kappa shape index (κ2) is 9.89. The van der Waals surface area contributed by atoms with Gasteiger partial charge >= 0.3 is 0 Å². The molecular formula is C18H28ClN5O3S. The van der Waals surface area contributed by atoms with Crippen LogP contribution in [0.4, 0.5) is 0 Å². The van der Waals surface area contributed by atoms with Crippen molar-refractivity contribution < 1.29 is 13.2 Å². The molecule has 2 fully saturated rings. The molecule has 0 bridgehead atoms. The second-order valence-electron chi connectivity index (χ2n) is 6.87. The molecular weight excluding hydrogens is 402 g/mol. The number of likely N-dealkylation sites (tertiary alicyclic amines) is 1. The maximum absolute atomic E-state index is 12.3.